The third kappa shape index (κ3) is 6.51. The summed E-state index contributed by atoms with van der Waals surface area (Å²) in [7, 11) is 0. The highest BCUT2D eigenvalue weighted by Crippen LogP contribution is 2.41. The summed E-state index contributed by atoms with van der Waals surface area (Å²) in [5.74, 6) is 0. The van der Waals surface area contributed by atoms with Crippen molar-refractivity contribution in [2.45, 2.75) is 0 Å². The Hall–Kier alpha value is -8.54. The van der Waals surface area contributed by atoms with Crippen molar-refractivity contribution in [3.8, 4) is 56.2 Å². The Morgan fingerprint density at radius 3 is 1.11 bits per heavy atom. The quantitative estimate of drug-likeness (QED) is 0.154. The van der Waals surface area contributed by atoms with Gasteiger partial charge in [0.2, 0.25) is 0 Å². The Bertz CT molecular complexity index is 3400. The van der Waals surface area contributed by atoms with Gasteiger partial charge in [0.05, 0.1) is 22.8 Å². The van der Waals surface area contributed by atoms with E-state index in [0.29, 0.717) is 0 Å². The van der Waals surface area contributed by atoms with Crippen LogP contribution in [0.5, 0.6) is 0 Å². The van der Waals surface area contributed by atoms with Crippen molar-refractivity contribution in [3.05, 3.63) is 237 Å². The lowest BCUT2D eigenvalue weighted by molar-refractivity contribution is 1.19. The molecule has 296 valence electrons. The fraction of sp³-hybridized carbons (Fsp3) is 0. The van der Waals surface area contributed by atoms with Crippen LogP contribution < -0.4 is 4.90 Å². The van der Waals surface area contributed by atoms with Crippen LogP contribution in [-0.2, 0) is 0 Å². The number of benzene rings is 8. The number of hydrogen-bond acceptors (Lipinski definition) is 3. The molecule has 0 fully saturated rings. The number of imidazole rings is 2. The number of anilines is 3. The monoisotopic (exact) mass is 805 g/mol. The topological polar surface area (TPSA) is 37.8 Å². The van der Waals surface area contributed by atoms with Crippen LogP contribution in [0, 0.1) is 0 Å². The molecule has 12 rings (SSSR count). The molecule has 0 aliphatic heterocycles. The number of pyridine rings is 2. The molecule has 5 heteroatoms. The van der Waals surface area contributed by atoms with E-state index in [1.54, 1.807) is 0 Å². The standard InChI is InChI=1S/C58H39N5/c1-2-12-40(13-3-1)43-24-30-50(31-25-43)63(51-32-26-44(27-33-51)57-55(59-53-18-8-10-36-61(53)57)48-22-20-41-14-4-6-16-46(41)38-48)52-34-28-45(29-35-52)58-56(60-54-19-9-11-37-62(54)58)49-23-21-42-15-5-7-17-47(42)39-49/h1-39H. The Morgan fingerprint density at radius 1 is 0.286 bits per heavy atom. The summed E-state index contributed by atoms with van der Waals surface area (Å²) in [5, 5.41) is 4.81. The third-order valence-corrected chi connectivity index (χ3v) is 12.1. The largest absolute Gasteiger partial charge is 0.311 e. The van der Waals surface area contributed by atoms with Crippen molar-refractivity contribution >= 4 is 49.9 Å². The zero-order valence-corrected chi connectivity index (χ0v) is 34.3. The van der Waals surface area contributed by atoms with Crippen LogP contribution in [0.4, 0.5) is 17.1 Å². The van der Waals surface area contributed by atoms with Crippen LogP contribution in [0.1, 0.15) is 0 Å². The van der Waals surface area contributed by atoms with Gasteiger partial charge in [0.25, 0.3) is 0 Å². The minimum Gasteiger partial charge on any atom is -0.311 e. The fourth-order valence-corrected chi connectivity index (χ4v) is 9.04. The predicted octanol–water partition coefficient (Wildman–Crippen LogP) is 15.1. The molecule has 0 atom stereocenters. The van der Waals surface area contributed by atoms with Crippen molar-refractivity contribution in [2.75, 3.05) is 4.90 Å². The van der Waals surface area contributed by atoms with Gasteiger partial charge in [0.15, 0.2) is 0 Å². The predicted molar refractivity (Wildman–Crippen MR) is 261 cm³/mol. The highest BCUT2D eigenvalue weighted by molar-refractivity contribution is 5.93. The number of rotatable bonds is 8. The number of fused-ring (bicyclic) bond motifs is 4. The molecule has 0 spiro atoms. The van der Waals surface area contributed by atoms with Crippen LogP contribution >= 0.6 is 0 Å². The molecule has 0 N–H and O–H groups in total. The van der Waals surface area contributed by atoms with Gasteiger partial charge in [-0.05, 0) is 105 Å². The van der Waals surface area contributed by atoms with E-state index in [4.69, 9.17) is 9.97 Å². The average Bonchev–Trinajstić information content (AvgIpc) is 3.95. The maximum absolute atomic E-state index is 5.19. The fourth-order valence-electron chi connectivity index (χ4n) is 9.04. The molecule has 0 aliphatic carbocycles. The molecule has 63 heavy (non-hydrogen) atoms. The maximum Gasteiger partial charge on any atom is 0.137 e. The van der Waals surface area contributed by atoms with E-state index in [0.717, 1.165) is 73.4 Å². The summed E-state index contributed by atoms with van der Waals surface area (Å²) < 4.78 is 4.40. The second-order valence-corrected chi connectivity index (χ2v) is 15.9. The number of aromatic nitrogens is 4. The number of nitrogens with zero attached hydrogens (tertiary/aromatic N) is 5. The van der Waals surface area contributed by atoms with Gasteiger partial charge in [-0.1, -0.05) is 152 Å². The van der Waals surface area contributed by atoms with Crippen molar-refractivity contribution in [1.82, 2.24) is 18.8 Å². The molecule has 12 aromatic rings. The highest BCUT2D eigenvalue weighted by atomic mass is 15.1. The van der Waals surface area contributed by atoms with E-state index in [1.165, 1.54) is 32.7 Å². The molecule has 4 aromatic heterocycles. The lowest BCUT2D eigenvalue weighted by atomic mass is 10.0. The van der Waals surface area contributed by atoms with Gasteiger partial charge in [0, 0.05) is 51.7 Å². The lowest BCUT2D eigenvalue weighted by Crippen LogP contribution is -2.10. The average molecular weight is 806 g/mol. The van der Waals surface area contributed by atoms with Crippen LogP contribution in [0.2, 0.25) is 0 Å². The zero-order valence-electron chi connectivity index (χ0n) is 34.3. The van der Waals surface area contributed by atoms with Crippen molar-refractivity contribution in [1.29, 1.82) is 0 Å². The molecule has 0 saturated heterocycles. The van der Waals surface area contributed by atoms with Gasteiger partial charge in [-0.15, -0.1) is 0 Å². The summed E-state index contributed by atoms with van der Waals surface area (Å²) in [6.45, 7) is 0. The molecule has 0 radical (unpaired) electrons. The first-order chi connectivity index (χ1) is 31.2. The number of hydrogen-bond donors (Lipinski definition) is 0. The Labute approximate surface area is 365 Å². The van der Waals surface area contributed by atoms with E-state index in [2.05, 4.69) is 238 Å². The van der Waals surface area contributed by atoms with Crippen LogP contribution in [0.15, 0.2) is 237 Å². The second kappa shape index (κ2) is 15.2. The molecule has 5 nitrogen and oxygen atoms in total. The van der Waals surface area contributed by atoms with Gasteiger partial charge >= 0.3 is 0 Å². The maximum atomic E-state index is 5.19. The smallest absolute Gasteiger partial charge is 0.137 e. The molecule has 0 unspecified atom stereocenters. The Kier molecular flexibility index (Phi) is 8.75. The first kappa shape index (κ1) is 36.3. The zero-order chi connectivity index (χ0) is 41.7. The molecular weight excluding hydrogens is 767 g/mol. The molecule has 4 heterocycles. The highest BCUT2D eigenvalue weighted by Gasteiger charge is 2.20. The van der Waals surface area contributed by atoms with Gasteiger partial charge in [-0.2, -0.15) is 0 Å². The van der Waals surface area contributed by atoms with Crippen LogP contribution in [-0.4, -0.2) is 18.8 Å². The molecular formula is C58H39N5. The second-order valence-electron chi connectivity index (χ2n) is 15.9. The SMILES string of the molecule is c1ccc(-c2ccc(N(c3ccc(-c4c(-c5ccc6ccccc6c5)nc5ccccn45)cc3)c3ccc(-c4c(-c5ccc6ccccc6c5)nc5ccccn45)cc3)cc2)cc1. The molecule has 0 bridgehead atoms. The summed E-state index contributed by atoms with van der Waals surface area (Å²) in [6.07, 6.45) is 4.21. The molecule has 0 amide bonds. The summed E-state index contributed by atoms with van der Waals surface area (Å²) >= 11 is 0. The van der Waals surface area contributed by atoms with Gasteiger partial charge in [-0.25, -0.2) is 9.97 Å². The molecule has 0 aliphatic rings. The van der Waals surface area contributed by atoms with Gasteiger partial charge in [0.1, 0.15) is 11.3 Å². The van der Waals surface area contributed by atoms with E-state index >= 15 is 0 Å². The molecule has 8 aromatic carbocycles. The summed E-state index contributed by atoms with van der Waals surface area (Å²) in [5.41, 5.74) is 15.7. The van der Waals surface area contributed by atoms with Crippen molar-refractivity contribution in [3.63, 3.8) is 0 Å². The van der Waals surface area contributed by atoms with E-state index in [9.17, 15) is 0 Å². The normalized spacial score (nSPS) is 11.5. The van der Waals surface area contributed by atoms with Gasteiger partial charge in [-0.3, -0.25) is 8.80 Å². The van der Waals surface area contributed by atoms with Gasteiger partial charge < -0.3 is 4.90 Å². The lowest BCUT2D eigenvalue weighted by Gasteiger charge is -2.26. The minimum absolute atomic E-state index is 0.912. The Balaban J connectivity index is 0.964. The first-order valence-corrected chi connectivity index (χ1v) is 21.3. The van der Waals surface area contributed by atoms with E-state index in [1.807, 2.05) is 12.1 Å². The van der Waals surface area contributed by atoms with Crippen LogP contribution in [0.3, 0.4) is 0 Å². The summed E-state index contributed by atoms with van der Waals surface area (Å²) in [4.78, 5) is 12.7. The molecule has 0 saturated carbocycles. The first-order valence-electron chi connectivity index (χ1n) is 21.3. The van der Waals surface area contributed by atoms with Crippen molar-refractivity contribution in [2.24, 2.45) is 0 Å². The van der Waals surface area contributed by atoms with E-state index < -0.39 is 0 Å². The third-order valence-electron chi connectivity index (χ3n) is 12.1. The van der Waals surface area contributed by atoms with E-state index in [-0.39, 0.29) is 0 Å². The summed E-state index contributed by atoms with van der Waals surface area (Å²) in [6, 6.07) is 79.8. The minimum atomic E-state index is 0.912. The van der Waals surface area contributed by atoms with Crippen LogP contribution in [0.25, 0.3) is 89.0 Å². The van der Waals surface area contributed by atoms with Crippen molar-refractivity contribution < 1.29 is 0 Å². The Morgan fingerprint density at radius 2 is 0.651 bits per heavy atom.